The molecule has 0 aliphatic rings. The van der Waals surface area contributed by atoms with E-state index in [-0.39, 0.29) is 6.67 Å². The van der Waals surface area contributed by atoms with Crippen LogP contribution in [-0.2, 0) is 0 Å². The maximum absolute atomic E-state index is 11.7. The highest BCUT2D eigenvalue weighted by molar-refractivity contribution is 7.80. The van der Waals surface area contributed by atoms with E-state index in [9.17, 15) is 4.39 Å². The Hall–Kier alpha value is -0.220. The van der Waals surface area contributed by atoms with Gasteiger partial charge in [0.2, 0.25) is 0 Å². The zero-order valence-corrected chi connectivity index (χ0v) is 6.96. The number of halogens is 1. The minimum absolute atomic E-state index is 0.312. The molecule has 0 aliphatic heterocycles. The molecule has 0 radical (unpaired) electrons. The lowest BCUT2D eigenvalue weighted by atomic mass is 10.4. The Morgan fingerprint density at radius 3 is 2.60 bits per heavy atom. The van der Waals surface area contributed by atoms with Crippen molar-refractivity contribution in [2.24, 2.45) is 5.73 Å². The number of hydrogen-bond donors (Lipinski definition) is 1. The summed E-state index contributed by atoms with van der Waals surface area (Å²) in [4.78, 5) is 2.35. The van der Waals surface area contributed by atoms with Crippen molar-refractivity contribution in [2.75, 3.05) is 26.8 Å². The van der Waals surface area contributed by atoms with E-state index < -0.39 is 0 Å². The van der Waals surface area contributed by atoms with E-state index >= 15 is 0 Å². The monoisotopic (exact) mass is 164 g/mol. The quantitative estimate of drug-likeness (QED) is 0.602. The smallest absolute Gasteiger partial charge is 0.102 e. The zero-order chi connectivity index (χ0) is 7.98. The van der Waals surface area contributed by atoms with Crippen LogP contribution in [0.25, 0.3) is 0 Å². The van der Waals surface area contributed by atoms with E-state index in [1.807, 2.05) is 11.9 Å². The molecule has 0 atom stereocenters. The Kier molecular flexibility index (Phi) is 5.43. The first kappa shape index (κ1) is 9.78. The summed E-state index contributed by atoms with van der Waals surface area (Å²) in [7, 11) is 1.85. The van der Waals surface area contributed by atoms with Crippen molar-refractivity contribution in [3.8, 4) is 0 Å². The number of nitrogens with two attached hydrogens (primary N) is 1. The maximum atomic E-state index is 11.7. The van der Waals surface area contributed by atoms with E-state index in [4.69, 9.17) is 5.73 Å². The fourth-order valence-corrected chi connectivity index (χ4v) is 0.648. The van der Waals surface area contributed by atoms with Crippen LogP contribution >= 0.6 is 12.2 Å². The molecule has 2 nitrogen and oxygen atoms in total. The highest BCUT2D eigenvalue weighted by Crippen LogP contribution is 1.87. The second-order valence-corrected chi connectivity index (χ2v) is 2.73. The van der Waals surface area contributed by atoms with Crippen LogP contribution in [0.2, 0.25) is 0 Å². The van der Waals surface area contributed by atoms with Crippen molar-refractivity contribution in [1.82, 2.24) is 4.90 Å². The van der Waals surface area contributed by atoms with Gasteiger partial charge >= 0.3 is 0 Å². The third-order valence-corrected chi connectivity index (χ3v) is 1.41. The molecule has 0 fully saturated rings. The molecule has 10 heavy (non-hydrogen) atoms. The van der Waals surface area contributed by atoms with Crippen molar-refractivity contribution in [1.29, 1.82) is 0 Å². The van der Waals surface area contributed by atoms with Gasteiger partial charge in [-0.15, -0.1) is 0 Å². The molecule has 0 saturated carbocycles. The summed E-state index contributed by atoms with van der Waals surface area (Å²) < 4.78 is 11.7. The second-order valence-electron chi connectivity index (χ2n) is 2.21. The van der Waals surface area contributed by atoms with Gasteiger partial charge in [-0.2, -0.15) is 0 Å². The molecule has 60 valence electrons. The summed E-state index contributed by atoms with van der Waals surface area (Å²) >= 11 is 4.66. The number of nitrogens with zero attached hydrogens (tertiary/aromatic N) is 1. The van der Waals surface area contributed by atoms with E-state index in [0.29, 0.717) is 18.0 Å². The number of hydrogen-bond acceptors (Lipinski definition) is 2. The first-order valence-corrected chi connectivity index (χ1v) is 3.60. The predicted octanol–water partition coefficient (Wildman–Crippen LogP) is 0.564. The third kappa shape index (κ3) is 5.91. The first-order valence-electron chi connectivity index (χ1n) is 3.19. The maximum Gasteiger partial charge on any atom is 0.102 e. The first-order chi connectivity index (χ1) is 4.66. The Bertz CT molecular complexity index is 108. The van der Waals surface area contributed by atoms with Gasteiger partial charge in [0.25, 0.3) is 0 Å². The van der Waals surface area contributed by atoms with Crippen LogP contribution in [0, 0.1) is 0 Å². The largest absolute Gasteiger partial charge is 0.393 e. The summed E-state index contributed by atoms with van der Waals surface area (Å²) in [5.74, 6) is 0. The van der Waals surface area contributed by atoms with Gasteiger partial charge in [0.15, 0.2) is 0 Å². The minimum Gasteiger partial charge on any atom is -0.393 e. The van der Waals surface area contributed by atoms with Gasteiger partial charge in [0, 0.05) is 19.5 Å². The second kappa shape index (κ2) is 5.56. The van der Waals surface area contributed by atoms with Crippen LogP contribution in [0.3, 0.4) is 0 Å². The third-order valence-electron chi connectivity index (χ3n) is 1.21. The lowest BCUT2D eigenvalue weighted by molar-refractivity contribution is 0.302. The predicted molar refractivity (Wildman–Crippen MR) is 44.9 cm³/mol. The minimum atomic E-state index is -0.312. The molecule has 0 heterocycles. The summed E-state index contributed by atoms with van der Waals surface area (Å²) in [5.41, 5.74) is 5.25. The lowest BCUT2D eigenvalue weighted by Crippen LogP contribution is -2.25. The molecule has 0 rings (SSSR count). The van der Waals surface area contributed by atoms with Crippen molar-refractivity contribution < 1.29 is 4.39 Å². The van der Waals surface area contributed by atoms with E-state index in [1.54, 1.807) is 0 Å². The molecule has 0 spiro atoms. The Morgan fingerprint density at radius 1 is 1.60 bits per heavy atom. The van der Waals surface area contributed by atoms with Crippen molar-refractivity contribution in [3.05, 3.63) is 0 Å². The van der Waals surface area contributed by atoms with Gasteiger partial charge in [-0.05, 0) is 7.05 Å². The van der Waals surface area contributed by atoms with Crippen LogP contribution in [-0.4, -0.2) is 36.7 Å². The molecular weight excluding hydrogens is 151 g/mol. The molecule has 0 amide bonds. The van der Waals surface area contributed by atoms with Gasteiger partial charge in [0.1, 0.15) is 6.67 Å². The summed E-state index contributed by atoms with van der Waals surface area (Å²) in [6.07, 6.45) is 0.672. The molecule has 2 N–H and O–H groups in total. The number of thiocarbonyl (C=S) groups is 1. The Balaban J connectivity index is 3.21. The van der Waals surface area contributed by atoms with Gasteiger partial charge in [-0.25, -0.2) is 4.39 Å². The number of rotatable bonds is 5. The SMILES string of the molecule is CN(CCF)CCC(N)=S. The summed E-state index contributed by atoms with van der Waals surface area (Å²) in [6.45, 7) is 0.899. The molecule has 0 bridgehead atoms. The fourth-order valence-electron chi connectivity index (χ4n) is 0.557. The van der Waals surface area contributed by atoms with Crippen LogP contribution in [0.1, 0.15) is 6.42 Å². The van der Waals surface area contributed by atoms with Gasteiger partial charge in [-0.3, -0.25) is 0 Å². The van der Waals surface area contributed by atoms with Crippen molar-refractivity contribution in [3.63, 3.8) is 0 Å². The molecule has 0 aromatic heterocycles. The molecule has 0 aromatic carbocycles. The number of alkyl halides is 1. The molecular formula is C6H13FN2S. The molecule has 0 saturated heterocycles. The van der Waals surface area contributed by atoms with Crippen LogP contribution in [0.15, 0.2) is 0 Å². The summed E-state index contributed by atoms with van der Waals surface area (Å²) in [6, 6.07) is 0. The molecule has 0 aromatic rings. The fraction of sp³-hybridized carbons (Fsp3) is 0.833. The highest BCUT2D eigenvalue weighted by Gasteiger charge is 1.96. The topological polar surface area (TPSA) is 29.3 Å². The van der Waals surface area contributed by atoms with Gasteiger partial charge in [0.05, 0.1) is 4.99 Å². The van der Waals surface area contributed by atoms with Crippen molar-refractivity contribution >= 4 is 17.2 Å². The zero-order valence-electron chi connectivity index (χ0n) is 6.14. The summed E-state index contributed by atoms with van der Waals surface area (Å²) in [5, 5.41) is 0. The molecule has 0 unspecified atom stereocenters. The van der Waals surface area contributed by atoms with E-state index in [0.717, 1.165) is 6.54 Å². The molecule has 0 aliphatic carbocycles. The molecule has 4 heteroatoms. The van der Waals surface area contributed by atoms with Crippen LogP contribution in [0.5, 0.6) is 0 Å². The van der Waals surface area contributed by atoms with Crippen LogP contribution < -0.4 is 5.73 Å². The normalized spacial score (nSPS) is 10.3. The van der Waals surface area contributed by atoms with Gasteiger partial charge in [-0.1, -0.05) is 12.2 Å². The Morgan fingerprint density at radius 2 is 2.20 bits per heavy atom. The lowest BCUT2D eigenvalue weighted by Gasteiger charge is -2.12. The van der Waals surface area contributed by atoms with E-state index in [1.165, 1.54) is 0 Å². The van der Waals surface area contributed by atoms with Crippen molar-refractivity contribution in [2.45, 2.75) is 6.42 Å². The highest BCUT2D eigenvalue weighted by atomic mass is 32.1. The average Bonchev–Trinajstić information content (AvgIpc) is 1.85. The van der Waals surface area contributed by atoms with E-state index in [2.05, 4.69) is 12.2 Å². The average molecular weight is 164 g/mol. The Labute approximate surface area is 66.2 Å². The standard InChI is InChI=1S/C6H13FN2S/c1-9(5-3-7)4-2-6(8)10/h2-5H2,1H3,(H2,8,10). The van der Waals surface area contributed by atoms with Gasteiger partial charge < -0.3 is 10.6 Å². The van der Waals surface area contributed by atoms with Crippen LogP contribution in [0.4, 0.5) is 4.39 Å².